The number of thiazole rings is 1. The number of fused-ring (bicyclic) bond motifs is 1. The van der Waals surface area contributed by atoms with E-state index in [-0.39, 0.29) is 5.91 Å². The molecule has 5 heteroatoms. The van der Waals surface area contributed by atoms with Gasteiger partial charge in [0.2, 0.25) is 0 Å². The average molecular weight is 388 g/mol. The molecule has 0 N–H and O–H groups in total. The molecule has 4 heterocycles. The summed E-state index contributed by atoms with van der Waals surface area (Å²) in [6, 6.07) is 18.4. The largest absolute Gasteiger partial charge is 0.339 e. The van der Waals surface area contributed by atoms with Crippen LogP contribution in [0.3, 0.4) is 0 Å². The zero-order chi connectivity index (χ0) is 18.9. The Bertz CT molecular complexity index is 1120. The molecule has 0 atom stereocenters. The third kappa shape index (κ3) is 3.12. The number of hydrogen-bond acceptors (Lipinski definition) is 3. The van der Waals surface area contributed by atoms with E-state index < -0.39 is 0 Å². The number of hydrogen-bond donors (Lipinski definition) is 0. The maximum absolute atomic E-state index is 13.0. The highest BCUT2D eigenvalue weighted by atomic mass is 32.1. The molecule has 0 saturated carbocycles. The standard InChI is InChI=1S/C23H21N3OS/c27-23(25-11-6-7-12-25)18-15-21(26-13-5-4-10-20(18)26)19-16-28-22(24-19)14-17-8-2-1-3-9-17/h1-5,8-10,13,15-16H,6-7,11-12,14H2. The molecule has 1 saturated heterocycles. The molecule has 1 amide bonds. The van der Waals surface area contributed by atoms with Gasteiger partial charge in [-0.05, 0) is 36.6 Å². The predicted molar refractivity (Wildman–Crippen MR) is 113 cm³/mol. The summed E-state index contributed by atoms with van der Waals surface area (Å²) in [6.45, 7) is 1.71. The second-order valence-electron chi connectivity index (χ2n) is 7.19. The summed E-state index contributed by atoms with van der Waals surface area (Å²) in [5.74, 6) is 0.132. The van der Waals surface area contributed by atoms with Crippen molar-refractivity contribution in [3.05, 3.63) is 82.3 Å². The normalized spacial score (nSPS) is 14.1. The summed E-state index contributed by atoms with van der Waals surface area (Å²) in [4.78, 5) is 19.9. The molecule has 1 aliphatic heterocycles. The molecule has 0 radical (unpaired) electrons. The van der Waals surface area contributed by atoms with E-state index in [0.717, 1.165) is 59.8 Å². The van der Waals surface area contributed by atoms with Crippen LogP contribution in [0.15, 0.2) is 66.2 Å². The summed E-state index contributed by atoms with van der Waals surface area (Å²) in [7, 11) is 0. The van der Waals surface area contributed by atoms with Crippen LogP contribution in [0.5, 0.6) is 0 Å². The minimum Gasteiger partial charge on any atom is -0.339 e. The Hall–Kier alpha value is -2.92. The first kappa shape index (κ1) is 17.2. The zero-order valence-corrected chi connectivity index (χ0v) is 16.4. The molecule has 4 aromatic rings. The second kappa shape index (κ2) is 7.24. The fourth-order valence-corrected chi connectivity index (χ4v) is 4.71. The number of pyridine rings is 1. The molecule has 1 fully saturated rings. The van der Waals surface area contributed by atoms with Gasteiger partial charge >= 0.3 is 0 Å². The van der Waals surface area contributed by atoms with Gasteiger partial charge in [0.1, 0.15) is 0 Å². The summed E-state index contributed by atoms with van der Waals surface area (Å²) in [5, 5.41) is 3.18. The molecule has 28 heavy (non-hydrogen) atoms. The highest BCUT2D eigenvalue weighted by molar-refractivity contribution is 7.10. The molecule has 3 aromatic heterocycles. The Morgan fingerprint density at radius 1 is 1.04 bits per heavy atom. The molecular weight excluding hydrogens is 366 g/mol. The van der Waals surface area contributed by atoms with Crippen molar-refractivity contribution < 1.29 is 4.79 Å². The molecular formula is C23H21N3OS. The lowest BCUT2D eigenvalue weighted by molar-refractivity contribution is 0.0795. The first-order valence-electron chi connectivity index (χ1n) is 9.68. The lowest BCUT2D eigenvalue weighted by Gasteiger charge is -2.14. The van der Waals surface area contributed by atoms with E-state index in [1.807, 2.05) is 41.4 Å². The van der Waals surface area contributed by atoms with Crippen molar-refractivity contribution in [1.29, 1.82) is 0 Å². The molecule has 140 valence electrons. The number of aromatic nitrogens is 2. The van der Waals surface area contributed by atoms with Crippen molar-refractivity contribution in [2.24, 2.45) is 0 Å². The van der Waals surface area contributed by atoms with Crippen LogP contribution < -0.4 is 0 Å². The lowest BCUT2D eigenvalue weighted by atomic mass is 10.2. The van der Waals surface area contributed by atoms with Gasteiger partial charge in [0.25, 0.3) is 5.91 Å². The van der Waals surface area contributed by atoms with Gasteiger partial charge in [-0.2, -0.15) is 0 Å². The Kier molecular flexibility index (Phi) is 4.45. The van der Waals surface area contributed by atoms with E-state index >= 15 is 0 Å². The first-order chi connectivity index (χ1) is 13.8. The van der Waals surface area contributed by atoms with Crippen molar-refractivity contribution >= 4 is 22.8 Å². The van der Waals surface area contributed by atoms with Gasteiger partial charge < -0.3 is 9.30 Å². The topological polar surface area (TPSA) is 37.6 Å². The van der Waals surface area contributed by atoms with Crippen LogP contribution in [0.4, 0.5) is 0 Å². The number of nitrogens with zero attached hydrogens (tertiary/aromatic N) is 3. The lowest BCUT2D eigenvalue weighted by Crippen LogP contribution is -2.27. The SMILES string of the molecule is O=C(c1cc(-c2csc(Cc3ccccc3)n2)n2ccccc12)N1CCCC1. The third-order valence-electron chi connectivity index (χ3n) is 5.31. The van der Waals surface area contributed by atoms with Crippen LogP contribution in [0.25, 0.3) is 16.9 Å². The van der Waals surface area contributed by atoms with Crippen LogP contribution in [-0.2, 0) is 6.42 Å². The minimum atomic E-state index is 0.132. The fourth-order valence-electron chi connectivity index (χ4n) is 3.89. The molecule has 0 unspecified atom stereocenters. The quantitative estimate of drug-likeness (QED) is 0.500. The van der Waals surface area contributed by atoms with E-state index in [0.29, 0.717) is 0 Å². The molecule has 0 spiro atoms. The minimum absolute atomic E-state index is 0.132. The van der Waals surface area contributed by atoms with Gasteiger partial charge in [-0.1, -0.05) is 36.4 Å². The van der Waals surface area contributed by atoms with E-state index in [4.69, 9.17) is 4.98 Å². The Balaban J connectivity index is 1.52. The van der Waals surface area contributed by atoms with Gasteiger partial charge in [0.15, 0.2) is 0 Å². The van der Waals surface area contributed by atoms with Crippen LogP contribution >= 0.6 is 11.3 Å². The predicted octanol–water partition coefficient (Wildman–Crippen LogP) is 4.89. The van der Waals surface area contributed by atoms with Crippen LogP contribution in [0, 0.1) is 0 Å². The Morgan fingerprint density at radius 2 is 1.82 bits per heavy atom. The van der Waals surface area contributed by atoms with E-state index in [1.165, 1.54) is 5.56 Å². The number of rotatable bonds is 4. The second-order valence-corrected chi connectivity index (χ2v) is 8.13. The maximum atomic E-state index is 13.0. The van der Waals surface area contributed by atoms with Crippen molar-refractivity contribution in [2.45, 2.75) is 19.3 Å². The molecule has 1 aliphatic rings. The smallest absolute Gasteiger partial charge is 0.256 e. The highest BCUT2D eigenvalue weighted by Crippen LogP contribution is 2.29. The Labute approximate surface area is 168 Å². The number of amides is 1. The van der Waals surface area contributed by atoms with Crippen LogP contribution in [0.2, 0.25) is 0 Å². The van der Waals surface area contributed by atoms with Crippen LogP contribution in [-0.4, -0.2) is 33.3 Å². The first-order valence-corrected chi connectivity index (χ1v) is 10.6. The van der Waals surface area contributed by atoms with Gasteiger partial charge in [0.05, 0.1) is 27.5 Å². The van der Waals surface area contributed by atoms with Gasteiger partial charge in [-0.3, -0.25) is 4.79 Å². The average Bonchev–Trinajstić information content (AvgIpc) is 3.48. The molecule has 0 aliphatic carbocycles. The summed E-state index contributed by atoms with van der Waals surface area (Å²) < 4.78 is 2.09. The summed E-state index contributed by atoms with van der Waals surface area (Å²) in [5.41, 5.74) is 4.89. The third-order valence-corrected chi connectivity index (χ3v) is 6.16. The van der Waals surface area contributed by atoms with E-state index in [2.05, 4.69) is 34.0 Å². The number of carbonyl (C=O) groups is 1. The van der Waals surface area contributed by atoms with Gasteiger partial charge in [-0.25, -0.2) is 4.98 Å². The molecule has 0 bridgehead atoms. The van der Waals surface area contributed by atoms with Gasteiger partial charge in [0, 0.05) is 31.1 Å². The van der Waals surface area contributed by atoms with Crippen molar-refractivity contribution in [2.75, 3.05) is 13.1 Å². The van der Waals surface area contributed by atoms with Crippen LogP contribution in [0.1, 0.15) is 33.8 Å². The monoisotopic (exact) mass is 387 g/mol. The number of carbonyl (C=O) groups excluding carboxylic acids is 1. The summed E-state index contributed by atoms with van der Waals surface area (Å²) >= 11 is 1.67. The summed E-state index contributed by atoms with van der Waals surface area (Å²) in [6.07, 6.45) is 5.04. The Morgan fingerprint density at radius 3 is 2.64 bits per heavy atom. The number of likely N-dealkylation sites (tertiary alicyclic amines) is 1. The van der Waals surface area contributed by atoms with Crippen molar-refractivity contribution in [1.82, 2.24) is 14.3 Å². The fraction of sp³-hybridized carbons (Fsp3) is 0.217. The van der Waals surface area contributed by atoms with E-state index in [9.17, 15) is 4.79 Å². The van der Waals surface area contributed by atoms with E-state index in [1.54, 1.807) is 11.3 Å². The van der Waals surface area contributed by atoms with Gasteiger partial charge in [-0.15, -0.1) is 11.3 Å². The van der Waals surface area contributed by atoms with Crippen molar-refractivity contribution in [3.8, 4) is 11.4 Å². The highest BCUT2D eigenvalue weighted by Gasteiger charge is 2.24. The maximum Gasteiger partial charge on any atom is 0.256 e. The van der Waals surface area contributed by atoms with Crippen molar-refractivity contribution in [3.63, 3.8) is 0 Å². The molecule has 4 nitrogen and oxygen atoms in total. The zero-order valence-electron chi connectivity index (χ0n) is 15.5. The molecule has 5 rings (SSSR count). The molecule has 1 aromatic carbocycles. The number of benzene rings is 1.